The van der Waals surface area contributed by atoms with E-state index in [9.17, 15) is 10.1 Å². The highest BCUT2D eigenvalue weighted by Gasteiger charge is 2.29. The molecule has 21 heavy (non-hydrogen) atoms. The standard InChI is InChI=1S/C14H23N5O2/c1-4-15-12-11(19(20)21)13(17-9-16-12)18-10-5-7-14(2,3)8-6-10/h9-10H,4-8H2,1-3H3,(H2,15,16,17,18). The van der Waals surface area contributed by atoms with Gasteiger partial charge < -0.3 is 10.6 Å². The maximum absolute atomic E-state index is 11.3. The Morgan fingerprint density at radius 2 is 1.95 bits per heavy atom. The first-order valence-electron chi connectivity index (χ1n) is 7.43. The molecule has 0 unspecified atom stereocenters. The van der Waals surface area contributed by atoms with Crippen LogP contribution < -0.4 is 10.6 Å². The average molecular weight is 293 g/mol. The number of hydrogen-bond donors (Lipinski definition) is 2. The van der Waals surface area contributed by atoms with Gasteiger partial charge in [-0.15, -0.1) is 0 Å². The molecule has 1 fully saturated rings. The van der Waals surface area contributed by atoms with Gasteiger partial charge in [0.2, 0.25) is 11.6 Å². The van der Waals surface area contributed by atoms with Crippen LogP contribution in [0.15, 0.2) is 6.33 Å². The van der Waals surface area contributed by atoms with E-state index in [-0.39, 0.29) is 17.5 Å². The SMILES string of the molecule is CCNc1ncnc(NC2CCC(C)(C)CC2)c1[N+](=O)[O-]. The van der Waals surface area contributed by atoms with Crippen LogP contribution in [0.3, 0.4) is 0 Å². The van der Waals surface area contributed by atoms with E-state index < -0.39 is 4.92 Å². The molecule has 0 saturated heterocycles. The molecule has 2 rings (SSSR count). The van der Waals surface area contributed by atoms with E-state index >= 15 is 0 Å². The number of hydrogen-bond acceptors (Lipinski definition) is 6. The second-order valence-corrected chi connectivity index (χ2v) is 6.29. The summed E-state index contributed by atoms with van der Waals surface area (Å²) < 4.78 is 0. The lowest BCUT2D eigenvalue weighted by atomic mass is 9.75. The minimum atomic E-state index is -0.424. The van der Waals surface area contributed by atoms with E-state index in [1.807, 2.05) is 6.92 Å². The van der Waals surface area contributed by atoms with Crippen LogP contribution in [0.25, 0.3) is 0 Å². The van der Waals surface area contributed by atoms with E-state index in [0.29, 0.717) is 17.8 Å². The third-order valence-electron chi connectivity index (χ3n) is 4.03. The minimum absolute atomic E-state index is 0.0656. The quantitative estimate of drug-likeness (QED) is 0.639. The summed E-state index contributed by atoms with van der Waals surface area (Å²) in [4.78, 5) is 18.9. The maximum Gasteiger partial charge on any atom is 0.353 e. The lowest BCUT2D eigenvalue weighted by molar-refractivity contribution is -0.383. The number of aromatic nitrogens is 2. The summed E-state index contributed by atoms with van der Waals surface area (Å²) in [5.41, 5.74) is 0.300. The van der Waals surface area contributed by atoms with E-state index in [1.165, 1.54) is 6.33 Å². The van der Waals surface area contributed by atoms with Gasteiger partial charge in [-0.1, -0.05) is 13.8 Å². The van der Waals surface area contributed by atoms with Crippen LogP contribution in [0.5, 0.6) is 0 Å². The number of anilines is 2. The molecule has 1 aromatic rings. The molecule has 116 valence electrons. The summed E-state index contributed by atoms with van der Waals surface area (Å²) in [5, 5.41) is 17.5. The van der Waals surface area contributed by atoms with Gasteiger partial charge in [0.1, 0.15) is 6.33 Å². The predicted molar refractivity (Wildman–Crippen MR) is 82.5 cm³/mol. The second-order valence-electron chi connectivity index (χ2n) is 6.29. The summed E-state index contributed by atoms with van der Waals surface area (Å²) in [6.45, 7) is 6.98. The van der Waals surface area contributed by atoms with Crippen molar-refractivity contribution in [3.8, 4) is 0 Å². The molecule has 2 N–H and O–H groups in total. The van der Waals surface area contributed by atoms with Crippen molar-refractivity contribution in [2.24, 2.45) is 5.41 Å². The molecule has 0 radical (unpaired) electrons. The van der Waals surface area contributed by atoms with Gasteiger partial charge in [0, 0.05) is 12.6 Å². The lowest BCUT2D eigenvalue weighted by Crippen LogP contribution is -2.30. The van der Waals surface area contributed by atoms with Gasteiger partial charge in [0.25, 0.3) is 0 Å². The van der Waals surface area contributed by atoms with E-state index in [4.69, 9.17) is 0 Å². The first-order valence-corrected chi connectivity index (χ1v) is 7.43. The van der Waals surface area contributed by atoms with Crippen molar-refractivity contribution >= 4 is 17.3 Å². The Morgan fingerprint density at radius 3 is 2.52 bits per heavy atom. The minimum Gasteiger partial charge on any atom is -0.364 e. The molecule has 0 bridgehead atoms. The summed E-state index contributed by atoms with van der Waals surface area (Å²) in [7, 11) is 0. The largest absolute Gasteiger partial charge is 0.364 e. The van der Waals surface area contributed by atoms with Gasteiger partial charge >= 0.3 is 5.69 Å². The van der Waals surface area contributed by atoms with Crippen LogP contribution in [0.1, 0.15) is 46.5 Å². The lowest BCUT2D eigenvalue weighted by Gasteiger charge is -2.34. The molecule has 1 heterocycles. The molecule has 1 aliphatic rings. The Bertz CT molecular complexity index is 508. The van der Waals surface area contributed by atoms with Gasteiger partial charge in [-0.05, 0) is 38.0 Å². The monoisotopic (exact) mass is 293 g/mol. The van der Waals surface area contributed by atoms with E-state index in [1.54, 1.807) is 0 Å². The Labute approximate surface area is 124 Å². The Balaban J connectivity index is 2.16. The molecule has 1 saturated carbocycles. The van der Waals surface area contributed by atoms with Crippen molar-refractivity contribution in [2.75, 3.05) is 17.2 Å². The topological polar surface area (TPSA) is 93.0 Å². The second kappa shape index (κ2) is 6.24. The Kier molecular flexibility index (Phi) is 4.59. The molecule has 0 aliphatic heterocycles. The normalized spacial score (nSPS) is 18.2. The molecule has 1 aromatic heterocycles. The van der Waals surface area contributed by atoms with Gasteiger partial charge in [-0.2, -0.15) is 0 Å². The average Bonchev–Trinajstić information content (AvgIpc) is 2.41. The summed E-state index contributed by atoms with van der Waals surface area (Å²) in [6.07, 6.45) is 5.60. The zero-order valence-electron chi connectivity index (χ0n) is 12.8. The smallest absolute Gasteiger partial charge is 0.353 e. The molecule has 7 nitrogen and oxygen atoms in total. The number of nitrogens with one attached hydrogen (secondary N) is 2. The molecule has 0 atom stereocenters. The van der Waals surface area contributed by atoms with Crippen molar-refractivity contribution in [1.82, 2.24) is 9.97 Å². The van der Waals surface area contributed by atoms with Crippen molar-refractivity contribution < 1.29 is 4.92 Å². The van der Waals surface area contributed by atoms with Crippen molar-refractivity contribution in [1.29, 1.82) is 0 Å². The molecule has 0 spiro atoms. The van der Waals surface area contributed by atoms with Crippen LogP contribution in [0.4, 0.5) is 17.3 Å². The first-order chi connectivity index (χ1) is 9.93. The van der Waals surface area contributed by atoms with Crippen molar-refractivity contribution in [3.05, 3.63) is 16.4 Å². The number of nitro groups is 1. The van der Waals surface area contributed by atoms with Gasteiger partial charge in [-0.3, -0.25) is 10.1 Å². The van der Waals surface area contributed by atoms with Crippen LogP contribution >= 0.6 is 0 Å². The zero-order valence-corrected chi connectivity index (χ0v) is 12.8. The molecule has 7 heteroatoms. The van der Waals surface area contributed by atoms with E-state index in [2.05, 4.69) is 34.4 Å². The predicted octanol–water partition coefficient (Wildman–Crippen LogP) is 3.20. The summed E-state index contributed by atoms with van der Waals surface area (Å²) in [6, 6.07) is 0.237. The number of nitrogens with zero attached hydrogens (tertiary/aromatic N) is 3. The van der Waals surface area contributed by atoms with Crippen molar-refractivity contribution in [3.63, 3.8) is 0 Å². The highest BCUT2D eigenvalue weighted by atomic mass is 16.6. The fourth-order valence-corrected chi connectivity index (χ4v) is 2.69. The highest BCUT2D eigenvalue weighted by Crippen LogP contribution is 2.37. The van der Waals surface area contributed by atoms with Gasteiger partial charge in [0.05, 0.1) is 4.92 Å². The zero-order chi connectivity index (χ0) is 15.5. The highest BCUT2D eigenvalue weighted by molar-refractivity contribution is 5.69. The molecule has 0 aromatic carbocycles. The third kappa shape index (κ3) is 3.80. The number of rotatable bonds is 5. The van der Waals surface area contributed by atoms with Crippen molar-refractivity contribution in [2.45, 2.75) is 52.5 Å². The van der Waals surface area contributed by atoms with Crippen LogP contribution in [-0.2, 0) is 0 Å². The van der Waals surface area contributed by atoms with Gasteiger partial charge in [-0.25, -0.2) is 9.97 Å². The third-order valence-corrected chi connectivity index (χ3v) is 4.03. The summed E-state index contributed by atoms with van der Waals surface area (Å²) >= 11 is 0. The molecular weight excluding hydrogens is 270 g/mol. The molecule has 0 amide bonds. The van der Waals surface area contributed by atoms with Gasteiger partial charge in [0.15, 0.2) is 0 Å². The molecular formula is C14H23N5O2. The van der Waals surface area contributed by atoms with Crippen LogP contribution in [0, 0.1) is 15.5 Å². The molecule has 1 aliphatic carbocycles. The fourth-order valence-electron chi connectivity index (χ4n) is 2.69. The summed E-state index contributed by atoms with van der Waals surface area (Å²) in [5.74, 6) is 0.590. The fraction of sp³-hybridized carbons (Fsp3) is 0.714. The van der Waals surface area contributed by atoms with E-state index in [0.717, 1.165) is 25.7 Å². The van der Waals surface area contributed by atoms with Crippen LogP contribution in [-0.4, -0.2) is 27.5 Å². The Morgan fingerprint density at radius 1 is 1.33 bits per heavy atom. The maximum atomic E-state index is 11.3. The Hall–Kier alpha value is -1.92. The first kappa shape index (κ1) is 15.5. The van der Waals surface area contributed by atoms with Crippen LogP contribution in [0.2, 0.25) is 0 Å².